The van der Waals surface area contributed by atoms with Gasteiger partial charge < -0.3 is 14.6 Å². The summed E-state index contributed by atoms with van der Waals surface area (Å²) in [4.78, 5) is 0. The van der Waals surface area contributed by atoms with E-state index >= 15 is 0 Å². The van der Waals surface area contributed by atoms with E-state index in [0.29, 0.717) is 12.5 Å². The Morgan fingerprint density at radius 1 is 0.882 bits per heavy atom. The summed E-state index contributed by atoms with van der Waals surface area (Å²) >= 11 is 0. The fraction of sp³-hybridized carbons (Fsp3) is 0.143. The summed E-state index contributed by atoms with van der Waals surface area (Å²) in [5, 5.41) is 9.21. The van der Waals surface area contributed by atoms with E-state index in [4.69, 9.17) is 9.47 Å². The smallest absolute Gasteiger partial charge is 0.231 e. The minimum atomic E-state index is 0.291. The summed E-state index contributed by atoms with van der Waals surface area (Å²) in [6.45, 7) is 0.304. The van der Waals surface area contributed by atoms with Crippen molar-refractivity contribution in [1.29, 1.82) is 0 Å². The molecule has 3 rings (SSSR count). The number of phenols is 1. The molecule has 2 aromatic rings. The van der Waals surface area contributed by atoms with Crippen LogP contribution in [-0.2, 0) is 6.42 Å². The van der Waals surface area contributed by atoms with Crippen molar-refractivity contribution in [2.75, 3.05) is 6.79 Å². The topological polar surface area (TPSA) is 38.7 Å². The van der Waals surface area contributed by atoms with Crippen molar-refractivity contribution in [2.24, 2.45) is 0 Å². The van der Waals surface area contributed by atoms with Crippen LogP contribution in [0.2, 0.25) is 0 Å². The molecule has 1 aliphatic heterocycles. The Morgan fingerprint density at radius 3 is 2.41 bits per heavy atom. The van der Waals surface area contributed by atoms with Crippen LogP contribution in [0.1, 0.15) is 11.1 Å². The lowest BCUT2D eigenvalue weighted by Gasteiger charge is -2.03. The number of benzene rings is 2. The van der Waals surface area contributed by atoms with Crippen molar-refractivity contribution in [3.8, 4) is 17.2 Å². The Bertz CT molecular complexity index is 532. The quantitative estimate of drug-likeness (QED) is 0.858. The van der Waals surface area contributed by atoms with Crippen molar-refractivity contribution in [1.82, 2.24) is 0 Å². The fourth-order valence-electron chi connectivity index (χ4n) is 1.90. The van der Waals surface area contributed by atoms with Crippen LogP contribution in [-0.4, -0.2) is 11.9 Å². The van der Waals surface area contributed by atoms with Gasteiger partial charge in [0.05, 0.1) is 0 Å². The minimum Gasteiger partial charge on any atom is -0.508 e. The van der Waals surface area contributed by atoms with E-state index in [9.17, 15) is 5.11 Å². The maximum absolute atomic E-state index is 9.21. The molecule has 3 nitrogen and oxygen atoms in total. The Kier molecular flexibility index (Phi) is 2.37. The third-order valence-corrected chi connectivity index (χ3v) is 2.78. The SMILES string of the molecule is Oc1ccc(Cc2ccc3c(c2)OCO3)cc1. The fourth-order valence-corrected chi connectivity index (χ4v) is 1.90. The molecule has 0 aliphatic carbocycles. The van der Waals surface area contributed by atoms with E-state index in [1.54, 1.807) is 12.1 Å². The number of phenolic OH excluding ortho intramolecular Hbond substituents is 1. The van der Waals surface area contributed by atoms with Gasteiger partial charge >= 0.3 is 0 Å². The molecule has 0 saturated heterocycles. The molecule has 1 N–H and O–H groups in total. The summed E-state index contributed by atoms with van der Waals surface area (Å²) in [6, 6.07) is 13.2. The molecule has 0 spiro atoms. The predicted octanol–water partition coefficient (Wildman–Crippen LogP) is 2.71. The van der Waals surface area contributed by atoms with Gasteiger partial charge in [-0.3, -0.25) is 0 Å². The van der Waals surface area contributed by atoms with E-state index in [1.165, 1.54) is 5.56 Å². The highest BCUT2D eigenvalue weighted by atomic mass is 16.7. The van der Waals surface area contributed by atoms with Crippen LogP contribution >= 0.6 is 0 Å². The van der Waals surface area contributed by atoms with Gasteiger partial charge in [0.2, 0.25) is 6.79 Å². The van der Waals surface area contributed by atoms with Crippen molar-refractivity contribution in [3.63, 3.8) is 0 Å². The molecule has 0 unspecified atom stereocenters. The minimum absolute atomic E-state index is 0.291. The average molecular weight is 228 g/mol. The molecule has 86 valence electrons. The van der Waals surface area contributed by atoms with E-state index in [-0.39, 0.29) is 0 Å². The second kappa shape index (κ2) is 4.01. The lowest BCUT2D eigenvalue weighted by atomic mass is 10.0. The first-order valence-corrected chi connectivity index (χ1v) is 5.48. The molecule has 0 amide bonds. The van der Waals surface area contributed by atoms with Crippen LogP contribution in [0.4, 0.5) is 0 Å². The van der Waals surface area contributed by atoms with Crippen LogP contribution in [0, 0.1) is 0 Å². The first-order valence-electron chi connectivity index (χ1n) is 5.48. The molecule has 0 saturated carbocycles. The first-order chi connectivity index (χ1) is 8.31. The molecule has 0 fully saturated rings. The number of hydrogen-bond acceptors (Lipinski definition) is 3. The zero-order valence-electron chi connectivity index (χ0n) is 9.22. The summed E-state index contributed by atoms with van der Waals surface area (Å²) in [6.07, 6.45) is 0.816. The second-order valence-corrected chi connectivity index (χ2v) is 4.03. The molecular formula is C14H12O3. The van der Waals surface area contributed by atoms with Crippen molar-refractivity contribution in [2.45, 2.75) is 6.42 Å². The van der Waals surface area contributed by atoms with Crippen LogP contribution in [0.15, 0.2) is 42.5 Å². The lowest BCUT2D eigenvalue weighted by molar-refractivity contribution is 0.174. The summed E-state index contributed by atoms with van der Waals surface area (Å²) < 4.78 is 10.6. The zero-order valence-corrected chi connectivity index (χ0v) is 9.22. The van der Waals surface area contributed by atoms with Crippen LogP contribution in [0.3, 0.4) is 0 Å². The number of rotatable bonds is 2. The number of ether oxygens (including phenoxy) is 2. The van der Waals surface area contributed by atoms with Gasteiger partial charge in [-0.2, -0.15) is 0 Å². The average Bonchev–Trinajstić information content (AvgIpc) is 2.79. The van der Waals surface area contributed by atoms with E-state index in [0.717, 1.165) is 23.5 Å². The second-order valence-electron chi connectivity index (χ2n) is 4.03. The molecule has 3 heteroatoms. The third-order valence-electron chi connectivity index (χ3n) is 2.78. The summed E-state index contributed by atoms with van der Waals surface area (Å²) in [7, 11) is 0. The molecule has 0 bridgehead atoms. The highest BCUT2D eigenvalue weighted by molar-refractivity contribution is 5.45. The molecule has 0 radical (unpaired) electrons. The summed E-state index contributed by atoms with van der Waals surface area (Å²) in [5.41, 5.74) is 2.32. The standard InChI is InChI=1S/C14H12O3/c15-12-4-1-10(2-5-12)7-11-3-6-13-14(8-11)17-9-16-13/h1-6,8,15H,7,9H2. The van der Waals surface area contributed by atoms with Gasteiger partial charge in [-0.25, -0.2) is 0 Å². The van der Waals surface area contributed by atoms with Gasteiger partial charge in [-0.15, -0.1) is 0 Å². The van der Waals surface area contributed by atoms with Gasteiger partial charge in [-0.05, 0) is 41.8 Å². The normalized spacial score (nSPS) is 12.7. The van der Waals surface area contributed by atoms with Crippen LogP contribution in [0.5, 0.6) is 17.2 Å². The predicted molar refractivity (Wildman–Crippen MR) is 63.5 cm³/mol. The van der Waals surface area contributed by atoms with Crippen molar-refractivity contribution in [3.05, 3.63) is 53.6 Å². The van der Waals surface area contributed by atoms with Gasteiger partial charge in [0.25, 0.3) is 0 Å². The zero-order chi connectivity index (χ0) is 11.7. The highest BCUT2D eigenvalue weighted by Gasteiger charge is 2.13. The third kappa shape index (κ3) is 2.04. The number of fused-ring (bicyclic) bond motifs is 1. The molecular weight excluding hydrogens is 216 g/mol. The molecule has 0 aromatic heterocycles. The van der Waals surface area contributed by atoms with Crippen LogP contribution in [0.25, 0.3) is 0 Å². The van der Waals surface area contributed by atoms with Gasteiger partial charge in [0.1, 0.15) is 5.75 Å². The summed E-state index contributed by atoms with van der Waals surface area (Å²) in [5.74, 6) is 1.90. The first kappa shape index (κ1) is 10.0. The van der Waals surface area contributed by atoms with E-state index in [1.807, 2.05) is 30.3 Å². The van der Waals surface area contributed by atoms with Gasteiger partial charge in [0, 0.05) is 0 Å². The Hall–Kier alpha value is -2.16. The lowest BCUT2D eigenvalue weighted by Crippen LogP contribution is -1.93. The molecule has 1 aliphatic rings. The molecule has 0 atom stereocenters. The van der Waals surface area contributed by atoms with Crippen molar-refractivity contribution < 1.29 is 14.6 Å². The Labute approximate surface area is 99.2 Å². The maximum Gasteiger partial charge on any atom is 0.231 e. The van der Waals surface area contributed by atoms with Crippen LogP contribution < -0.4 is 9.47 Å². The molecule has 2 aromatic carbocycles. The van der Waals surface area contributed by atoms with Crippen molar-refractivity contribution >= 4 is 0 Å². The number of aromatic hydroxyl groups is 1. The molecule has 17 heavy (non-hydrogen) atoms. The van der Waals surface area contributed by atoms with E-state index < -0.39 is 0 Å². The monoisotopic (exact) mass is 228 g/mol. The Balaban J connectivity index is 1.83. The number of hydrogen-bond donors (Lipinski definition) is 1. The van der Waals surface area contributed by atoms with Gasteiger partial charge in [-0.1, -0.05) is 18.2 Å². The largest absolute Gasteiger partial charge is 0.508 e. The maximum atomic E-state index is 9.21. The molecule has 1 heterocycles. The highest BCUT2D eigenvalue weighted by Crippen LogP contribution is 2.33. The van der Waals surface area contributed by atoms with Gasteiger partial charge in [0.15, 0.2) is 11.5 Å². The van der Waals surface area contributed by atoms with E-state index in [2.05, 4.69) is 0 Å². The Morgan fingerprint density at radius 2 is 1.59 bits per heavy atom.